The molecule has 0 radical (unpaired) electrons. The Kier molecular flexibility index (Phi) is 7.38. The van der Waals surface area contributed by atoms with E-state index in [9.17, 15) is 9.90 Å². The first-order chi connectivity index (χ1) is 15.9. The molecule has 9 heteroatoms. The van der Waals surface area contributed by atoms with Crippen molar-refractivity contribution in [3.63, 3.8) is 0 Å². The average molecular weight is 520 g/mol. The van der Waals surface area contributed by atoms with Gasteiger partial charge in [0.05, 0.1) is 19.3 Å². The number of phenolic OH excluding ortho intramolecular Hbond substituents is 1. The van der Waals surface area contributed by atoms with Gasteiger partial charge in [0.25, 0.3) is 0 Å². The SMILES string of the molecule is CC1(C)CCc2cc3c(Cn4cc(COCCCCCCBr)nn4)cc(=O)oc3c(O)c2O1. The normalized spacial score (nSPS) is 14.9. The number of aromatic hydroxyl groups is 1. The first-order valence-electron chi connectivity index (χ1n) is 11.4. The number of unbranched alkanes of at least 4 members (excludes halogenated alkanes) is 3. The van der Waals surface area contributed by atoms with Crippen molar-refractivity contribution in [1.29, 1.82) is 0 Å². The van der Waals surface area contributed by atoms with E-state index in [1.165, 1.54) is 18.9 Å². The topological polar surface area (TPSA) is 99.6 Å². The van der Waals surface area contributed by atoms with Gasteiger partial charge in [-0.05, 0) is 56.7 Å². The molecule has 0 amide bonds. The molecule has 1 aromatic carbocycles. The maximum atomic E-state index is 12.2. The molecule has 4 rings (SSSR count). The lowest BCUT2D eigenvalue weighted by Gasteiger charge is -2.33. The predicted octanol–water partition coefficient (Wildman–Crippen LogP) is 4.71. The maximum absolute atomic E-state index is 12.2. The van der Waals surface area contributed by atoms with Gasteiger partial charge in [-0.15, -0.1) is 5.10 Å². The number of aromatic nitrogens is 3. The summed E-state index contributed by atoms with van der Waals surface area (Å²) >= 11 is 3.44. The zero-order valence-electron chi connectivity index (χ0n) is 19.1. The highest BCUT2D eigenvalue weighted by molar-refractivity contribution is 9.09. The van der Waals surface area contributed by atoms with Gasteiger partial charge in [-0.1, -0.05) is 34.0 Å². The Morgan fingerprint density at radius 3 is 2.88 bits per heavy atom. The van der Waals surface area contributed by atoms with Gasteiger partial charge in [0, 0.05) is 23.4 Å². The third-order valence-corrected chi connectivity index (χ3v) is 6.40. The van der Waals surface area contributed by atoms with E-state index in [1.54, 1.807) is 4.68 Å². The summed E-state index contributed by atoms with van der Waals surface area (Å²) < 4.78 is 18.7. The molecule has 2 aromatic heterocycles. The van der Waals surface area contributed by atoms with Crippen LogP contribution in [-0.2, 0) is 24.3 Å². The largest absolute Gasteiger partial charge is 0.502 e. The number of hydrogen-bond acceptors (Lipinski definition) is 7. The van der Waals surface area contributed by atoms with E-state index >= 15 is 0 Å². The van der Waals surface area contributed by atoms with Gasteiger partial charge in [0.2, 0.25) is 5.75 Å². The van der Waals surface area contributed by atoms with Gasteiger partial charge in [-0.2, -0.15) is 0 Å². The fourth-order valence-electron chi connectivity index (χ4n) is 4.06. The van der Waals surface area contributed by atoms with Gasteiger partial charge >= 0.3 is 5.63 Å². The highest BCUT2D eigenvalue weighted by Gasteiger charge is 2.30. The van der Waals surface area contributed by atoms with E-state index < -0.39 is 5.63 Å². The van der Waals surface area contributed by atoms with E-state index in [1.807, 2.05) is 26.1 Å². The molecule has 0 bridgehead atoms. The smallest absolute Gasteiger partial charge is 0.336 e. The lowest BCUT2D eigenvalue weighted by Crippen LogP contribution is -2.32. The van der Waals surface area contributed by atoms with Gasteiger partial charge in [0.15, 0.2) is 11.3 Å². The van der Waals surface area contributed by atoms with Crippen LogP contribution in [0.5, 0.6) is 11.5 Å². The van der Waals surface area contributed by atoms with Crippen molar-refractivity contribution in [3.05, 3.63) is 45.6 Å². The number of alkyl halides is 1. The van der Waals surface area contributed by atoms with Crippen LogP contribution in [0.15, 0.2) is 27.5 Å². The molecule has 0 saturated carbocycles. The maximum Gasteiger partial charge on any atom is 0.336 e. The highest BCUT2D eigenvalue weighted by atomic mass is 79.9. The van der Waals surface area contributed by atoms with Crippen molar-refractivity contribution in [2.75, 3.05) is 11.9 Å². The van der Waals surface area contributed by atoms with Crippen LogP contribution in [0.4, 0.5) is 0 Å². The van der Waals surface area contributed by atoms with Gasteiger partial charge in [-0.25, -0.2) is 9.48 Å². The molecule has 1 aliphatic heterocycles. The molecule has 8 nitrogen and oxygen atoms in total. The molecule has 1 N–H and O–H groups in total. The zero-order chi connectivity index (χ0) is 23.4. The van der Waals surface area contributed by atoms with Crippen LogP contribution in [-0.4, -0.2) is 37.6 Å². The summed E-state index contributed by atoms with van der Waals surface area (Å²) in [6, 6.07) is 3.38. The van der Waals surface area contributed by atoms with Crippen molar-refractivity contribution < 1.29 is 19.0 Å². The van der Waals surface area contributed by atoms with Crippen LogP contribution in [0.3, 0.4) is 0 Å². The van der Waals surface area contributed by atoms with Crippen LogP contribution < -0.4 is 10.4 Å². The molecule has 3 aromatic rings. The molecule has 0 spiro atoms. The minimum Gasteiger partial charge on any atom is -0.502 e. The summed E-state index contributed by atoms with van der Waals surface area (Å²) in [5, 5.41) is 20.9. The molecule has 0 atom stereocenters. The quantitative estimate of drug-likeness (QED) is 0.235. The van der Waals surface area contributed by atoms with E-state index in [4.69, 9.17) is 13.9 Å². The molecule has 0 unspecified atom stereocenters. The molecule has 178 valence electrons. The lowest BCUT2D eigenvalue weighted by atomic mass is 9.92. The summed E-state index contributed by atoms with van der Waals surface area (Å²) in [6.45, 7) is 5.37. The molecule has 33 heavy (non-hydrogen) atoms. The second-order valence-corrected chi connectivity index (χ2v) is 9.90. The molecular formula is C24H30BrN3O5. The Hall–Kier alpha value is -2.39. The minimum atomic E-state index is -0.536. The van der Waals surface area contributed by atoms with Crippen molar-refractivity contribution in [1.82, 2.24) is 15.0 Å². The van der Waals surface area contributed by atoms with Gasteiger partial charge in [0.1, 0.15) is 11.3 Å². The third kappa shape index (κ3) is 5.76. The number of aryl methyl sites for hydroxylation is 1. The second kappa shape index (κ2) is 10.3. The summed E-state index contributed by atoms with van der Waals surface area (Å²) in [5.41, 5.74) is 1.55. The number of phenols is 1. The van der Waals surface area contributed by atoms with Crippen LogP contribution in [0, 0.1) is 0 Å². The first kappa shape index (κ1) is 23.8. The predicted molar refractivity (Wildman–Crippen MR) is 128 cm³/mol. The number of nitrogens with zero attached hydrogens (tertiary/aromatic N) is 3. The number of fused-ring (bicyclic) bond motifs is 2. The Bertz CT molecular complexity index is 1170. The second-order valence-electron chi connectivity index (χ2n) is 9.11. The van der Waals surface area contributed by atoms with E-state index in [2.05, 4.69) is 26.2 Å². The fraction of sp³-hybridized carbons (Fsp3) is 0.542. The van der Waals surface area contributed by atoms with Crippen molar-refractivity contribution in [2.45, 2.75) is 71.1 Å². The lowest BCUT2D eigenvalue weighted by molar-refractivity contribution is 0.0808. The Balaban J connectivity index is 1.48. The van der Waals surface area contributed by atoms with Gasteiger partial charge in [-0.3, -0.25) is 0 Å². The fourth-order valence-corrected chi connectivity index (χ4v) is 4.46. The van der Waals surface area contributed by atoms with Crippen LogP contribution in [0.1, 0.15) is 62.8 Å². The summed E-state index contributed by atoms with van der Waals surface area (Å²) in [5.74, 6) is 0.268. The minimum absolute atomic E-state index is 0.127. The molecule has 1 aliphatic rings. The molecule has 0 saturated heterocycles. The van der Waals surface area contributed by atoms with Crippen LogP contribution in [0.2, 0.25) is 0 Å². The van der Waals surface area contributed by atoms with E-state index in [0.29, 0.717) is 36.5 Å². The van der Waals surface area contributed by atoms with Crippen LogP contribution in [0.25, 0.3) is 11.0 Å². The summed E-state index contributed by atoms with van der Waals surface area (Å²) in [7, 11) is 0. The van der Waals surface area contributed by atoms with Crippen molar-refractivity contribution in [3.8, 4) is 11.5 Å². The monoisotopic (exact) mass is 519 g/mol. The van der Waals surface area contributed by atoms with Crippen molar-refractivity contribution >= 4 is 26.9 Å². The number of halogens is 1. The Labute approximate surface area is 201 Å². The molecular weight excluding hydrogens is 490 g/mol. The van der Waals surface area contributed by atoms with Crippen LogP contribution >= 0.6 is 15.9 Å². The molecule has 0 fully saturated rings. The Morgan fingerprint density at radius 2 is 2.06 bits per heavy atom. The highest BCUT2D eigenvalue weighted by Crippen LogP contribution is 2.44. The number of rotatable bonds is 10. The zero-order valence-corrected chi connectivity index (χ0v) is 20.7. The molecule has 0 aliphatic carbocycles. The average Bonchev–Trinajstić information content (AvgIpc) is 3.21. The number of ether oxygens (including phenoxy) is 2. The Morgan fingerprint density at radius 1 is 1.24 bits per heavy atom. The first-order valence-corrected chi connectivity index (χ1v) is 12.5. The number of benzene rings is 1. The van der Waals surface area contributed by atoms with Gasteiger partial charge < -0.3 is 19.0 Å². The summed E-state index contributed by atoms with van der Waals surface area (Å²) in [4.78, 5) is 12.2. The number of hydrogen-bond donors (Lipinski definition) is 1. The molecule has 3 heterocycles. The van der Waals surface area contributed by atoms with Crippen molar-refractivity contribution in [2.24, 2.45) is 0 Å². The standard InChI is InChI=1S/C24H30BrN3O5/c1-24(2)8-7-16-11-19-17(12-20(29)32-23(19)21(30)22(16)33-24)13-28-14-18(26-27-28)15-31-10-6-4-3-5-9-25/h11-12,14,30H,3-10,13,15H2,1-2H3. The summed E-state index contributed by atoms with van der Waals surface area (Å²) in [6.07, 6.45) is 7.99. The van der Waals surface area contributed by atoms with E-state index in [-0.39, 0.29) is 16.9 Å². The van der Waals surface area contributed by atoms with E-state index in [0.717, 1.165) is 42.3 Å². The third-order valence-electron chi connectivity index (χ3n) is 5.84.